The molecule has 0 saturated carbocycles. The van der Waals surface area contributed by atoms with Crippen LogP contribution in [-0.4, -0.2) is 64.5 Å². The predicted molar refractivity (Wildman–Crippen MR) is 79.2 cm³/mol. The number of amides is 1. The van der Waals surface area contributed by atoms with Crippen LogP contribution in [0.15, 0.2) is 17.5 Å². The van der Waals surface area contributed by atoms with Gasteiger partial charge in [-0.05, 0) is 11.4 Å². The second kappa shape index (κ2) is 9.54. The summed E-state index contributed by atoms with van der Waals surface area (Å²) in [6, 6.07) is 3.59. The largest absolute Gasteiger partial charge is 0.481 e. The first-order valence-electron chi connectivity index (χ1n) is 6.54. The van der Waals surface area contributed by atoms with Crippen molar-refractivity contribution in [1.82, 2.24) is 5.32 Å². The van der Waals surface area contributed by atoms with Gasteiger partial charge in [0.25, 0.3) is 0 Å². The molecule has 122 valence electrons. The first-order valence-corrected chi connectivity index (χ1v) is 7.42. The number of hydrogen-bond donors (Lipinski definition) is 5. The van der Waals surface area contributed by atoms with E-state index in [4.69, 9.17) is 9.84 Å². The number of hydrogen-bond acceptors (Lipinski definition) is 7. The Morgan fingerprint density at radius 3 is 2.64 bits per heavy atom. The van der Waals surface area contributed by atoms with Crippen LogP contribution in [0.25, 0.3) is 0 Å². The number of aliphatic hydroxyl groups excluding tert-OH is 1. The zero-order valence-electron chi connectivity index (χ0n) is 11.7. The molecule has 0 aliphatic carbocycles. The van der Waals surface area contributed by atoms with Gasteiger partial charge in [0, 0.05) is 4.88 Å². The zero-order chi connectivity index (χ0) is 16.5. The molecule has 22 heavy (non-hydrogen) atoms. The lowest BCUT2D eigenvalue weighted by atomic mass is 9.80. The third kappa shape index (κ3) is 7.52. The van der Waals surface area contributed by atoms with Crippen LogP contribution < -0.4 is 5.32 Å². The van der Waals surface area contributed by atoms with Gasteiger partial charge in [-0.3, -0.25) is 9.59 Å². The molecule has 5 N–H and O–H groups in total. The lowest BCUT2D eigenvalue weighted by Gasteiger charge is -2.18. The molecule has 1 rings (SSSR count). The molecule has 8 nitrogen and oxygen atoms in total. The number of rotatable bonds is 10. The van der Waals surface area contributed by atoms with E-state index in [1.54, 1.807) is 12.1 Å². The van der Waals surface area contributed by atoms with E-state index in [2.05, 4.69) is 5.32 Å². The predicted octanol–water partition coefficient (Wildman–Crippen LogP) is -1.36. The summed E-state index contributed by atoms with van der Waals surface area (Å²) in [4.78, 5) is 23.0. The molecule has 10 heteroatoms. The van der Waals surface area contributed by atoms with E-state index in [0.717, 1.165) is 4.88 Å². The summed E-state index contributed by atoms with van der Waals surface area (Å²) in [7, 11) is -1.83. The third-order valence-corrected chi connectivity index (χ3v) is 3.52. The molecule has 0 aromatic carbocycles. The number of carbonyl (C=O) groups excluding carboxylic acids is 1. The Bertz CT molecular complexity index is 468. The molecule has 0 bridgehead atoms. The van der Waals surface area contributed by atoms with Gasteiger partial charge in [-0.25, -0.2) is 0 Å². The summed E-state index contributed by atoms with van der Waals surface area (Å²) in [5, 5.41) is 40.4. The molecule has 1 amide bonds. The molecule has 1 heterocycles. The number of carboxylic acids is 1. The molecular weight excluding hydrogens is 313 g/mol. The highest BCUT2D eigenvalue weighted by Crippen LogP contribution is 2.09. The molecule has 0 saturated heterocycles. The van der Waals surface area contributed by atoms with Gasteiger partial charge in [-0.15, -0.1) is 11.3 Å². The second-order valence-corrected chi connectivity index (χ2v) is 5.67. The van der Waals surface area contributed by atoms with Crippen LogP contribution in [0.5, 0.6) is 0 Å². The van der Waals surface area contributed by atoms with Gasteiger partial charge in [0.2, 0.25) is 5.91 Å². The molecule has 2 atom stereocenters. The average Bonchev–Trinajstić information content (AvgIpc) is 2.89. The zero-order valence-corrected chi connectivity index (χ0v) is 12.5. The average molecular weight is 331 g/mol. The molecule has 1 aromatic heterocycles. The number of carboxylic acid groups (broad SMARTS) is 1. The minimum Gasteiger partial charge on any atom is -0.481 e. The highest BCUT2D eigenvalue weighted by Gasteiger charge is 2.26. The minimum absolute atomic E-state index is 0.114. The maximum Gasteiger partial charge on any atom is 0.477 e. The van der Waals surface area contributed by atoms with Crippen molar-refractivity contribution in [1.29, 1.82) is 0 Å². The summed E-state index contributed by atoms with van der Waals surface area (Å²) in [6.07, 6.45) is -1.56. The number of ether oxygens (including phenoxy) is 1. The summed E-state index contributed by atoms with van der Waals surface area (Å²) in [6.45, 7) is -0.541. The van der Waals surface area contributed by atoms with Gasteiger partial charge in [0.15, 0.2) is 0 Å². The normalized spacial score (nSPS) is 13.4. The van der Waals surface area contributed by atoms with Crippen molar-refractivity contribution in [3.63, 3.8) is 0 Å². The van der Waals surface area contributed by atoms with E-state index in [1.165, 1.54) is 11.3 Å². The van der Waals surface area contributed by atoms with E-state index in [0.29, 0.717) is 0 Å². The van der Waals surface area contributed by atoms with E-state index >= 15 is 0 Å². The van der Waals surface area contributed by atoms with Gasteiger partial charge in [0.05, 0.1) is 38.1 Å². The fourth-order valence-corrected chi connectivity index (χ4v) is 2.33. The van der Waals surface area contributed by atoms with Crippen LogP contribution in [-0.2, 0) is 20.7 Å². The van der Waals surface area contributed by atoms with E-state index < -0.39 is 37.5 Å². The van der Waals surface area contributed by atoms with Crippen molar-refractivity contribution >= 4 is 30.3 Å². The molecule has 0 aliphatic heterocycles. The van der Waals surface area contributed by atoms with Crippen LogP contribution in [0.2, 0.25) is 0 Å². The molecule has 0 radical (unpaired) electrons. The minimum atomic E-state index is -1.83. The van der Waals surface area contributed by atoms with Crippen molar-refractivity contribution < 1.29 is 34.6 Å². The summed E-state index contributed by atoms with van der Waals surface area (Å²) < 4.78 is 5.01. The Hall–Kier alpha value is -1.46. The Morgan fingerprint density at radius 2 is 2.09 bits per heavy atom. The highest BCUT2D eigenvalue weighted by atomic mass is 32.1. The smallest absolute Gasteiger partial charge is 0.477 e. The highest BCUT2D eigenvalue weighted by molar-refractivity contribution is 7.10. The van der Waals surface area contributed by atoms with Crippen LogP contribution >= 0.6 is 11.3 Å². The SMILES string of the molecule is O=C(O)CC(O)COC[C@H](NC(=O)Cc1cccs1)B(O)O. The van der Waals surface area contributed by atoms with Crippen molar-refractivity contribution in [3.05, 3.63) is 22.4 Å². The Kier molecular flexibility index (Phi) is 8.06. The fourth-order valence-electron chi connectivity index (χ4n) is 1.62. The van der Waals surface area contributed by atoms with Crippen LogP contribution in [0.4, 0.5) is 0 Å². The Balaban J connectivity index is 2.35. The van der Waals surface area contributed by atoms with Crippen LogP contribution in [0, 0.1) is 0 Å². The summed E-state index contributed by atoms with van der Waals surface area (Å²) >= 11 is 1.41. The number of carbonyl (C=O) groups is 2. The molecule has 0 fully saturated rings. The number of nitrogens with one attached hydrogen (secondary N) is 1. The van der Waals surface area contributed by atoms with E-state index in [9.17, 15) is 24.7 Å². The van der Waals surface area contributed by atoms with E-state index in [1.807, 2.05) is 5.38 Å². The number of aliphatic carboxylic acids is 1. The number of aliphatic hydroxyl groups is 1. The van der Waals surface area contributed by atoms with Crippen molar-refractivity contribution in [3.8, 4) is 0 Å². The van der Waals surface area contributed by atoms with Crippen LogP contribution in [0.3, 0.4) is 0 Å². The van der Waals surface area contributed by atoms with Gasteiger partial charge in [-0.1, -0.05) is 6.07 Å². The van der Waals surface area contributed by atoms with E-state index in [-0.39, 0.29) is 19.6 Å². The van der Waals surface area contributed by atoms with Crippen molar-refractivity contribution in [2.75, 3.05) is 13.2 Å². The van der Waals surface area contributed by atoms with Crippen LogP contribution in [0.1, 0.15) is 11.3 Å². The Morgan fingerprint density at radius 1 is 1.36 bits per heavy atom. The first kappa shape index (κ1) is 18.6. The standard InChI is InChI=1S/C12H18BNO7S/c15-8(4-12(17)18)6-21-7-10(13(19)20)14-11(16)5-9-2-1-3-22-9/h1-3,8,10,15,19-20H,4-7H2,(H,14,16)(H,17,18)/t8?,10-/m0/s1. The molecular formula is C12H18BNO7S. The third-order valence-electron chi connectivity index (χ3n) is 2.64. The second-order valence-electron chi connectivity index (χ2n) is 4.63. The van der Waals surface area contributed by atoms with Crippen molar-refractivity contribution in [2.45, 2.75) is 24.9 Å². The van der Waals surface area contributed by atoms with Gasteiger partial charge in [0.1, 0.15) is 0 Å². The number of thiophene rings is 1. The van der Waals surface area contributed by atoms with Crippen molar-refractivity contribution in [2.24, 2.45) is 0 Å². The maximum absolute atomic E-state index is 11.8. The lowest BCUT2D eigenvalue weighted by molar-refractivity contribution is -0.140. The summed E-state index contributed by atoms with van der Waals surface area (Å²) in [5.41, 5.74) is 0. The van der Waals surface area contributed by atoms with Gasteiger partial charge in [-0.2, -0.15) is 0 Å². The lowest BCUT2D eigenvalue weighted by Crippen LogP contribution is -2.50. The monoisotopic (exact) mass is 331 g/mol. The topological polar surface area (TPSA) is 136 Å². The maximum atomic E-state index is 11.8. The first-order chi connectivity index (χ1) is 10.4. The van der Waals surface area contributed by atoms with Gasteiger partial charge < -0.3 is 30.3 Å². The molecule has 1 aromatic rings. The molecule has 0 spiro atoms. The Labute approximate surface area is 131 Å². The van der Waals surface area contributed by atoms with Gasteiger partial charge >= 0.3 is 13.1 Å². The quantitative estimate of drug-likeness (QED) is 0.334. The summed E-state index contributed by atoms with van der Waals surface area (Å²) in [5.74, 6) is -2.63. The fraction of sp³-hybridized carbons (Fsp3) is 0.500. The molecule has 1 unspecified atom stereocenters. The molecule has 0 aliphatic rings.